The molecule has 0 spiro atoms. The van der Waals surface area contributed by atoms with Gasteiger partial charge in [0.2, 0.25) is 5.91 Å². The smallest absolute Gasteiger partial charge is 0.222 e. The highest BCUT2D eigenvalue weighted by Gasteiger charge is 2.29. The quantitative estimate of drug-likeness (QED) is 0.457. The lowest BCUT2D eigenvalue weighted by Gasteiger charge is -2.23. The highest BCUT2D eigenvalue weighted by molar-refractivity contribution is 5.74. The lowest BCUT2D eigenvalue weighted by atomic mass is 10.00. The molecule has 0 fully saturated rings. The van der Waals surface area contributed by atoms with Gasteiger partial charge in [0.1, 0.15) is 0 Å². The molecule has 0 bridgehead atoms. The molecule has 0 aromatic heterocycles. The third-order valence-electron chi connectivity index (χ3n) is 1.36. The van der Waals surface area contributed by atoms with Crippen LogP contribution < -0.4 is 5.73 Å². The average Bonchev–Trinajstić information content (AvgIpc) is 1.60. The molecule has 0 radical (unpaired) electrons. The summed E-state index contributed by atoms with van der Waals surface area (Å²) >= 11 is 0. The second-order valence-corrected chi connectivity index (χ2v) is 2.68. The summed E-state index contributed by atoms with van der Waals surface area (Å²) < 4.78 is 0. The highest BCUT2D eigenvalue weighted by atomic mass is 16.5. The van der Waals surface area contributed by atoms with Crippen molar-refractivity contribution in [2.75, 3.05) is 0 Å². The molecule has 1 amide bonds. The number of primary amides is 1. The monoisotopic (exact) mass is 147 g/mol. The van der Waals surface area contributed by atoms with Crippen LogP contribution in [0.1, 0.15) is 20.3 Å². The van der Waals surface area contributed by atoms with Crippen LogP contribution >= 0.6 is 0 Å². The Morgan fingerprint density at radius 1 is 1.60 bits per heavy atom. The second-order valence-electron chi connectivity index (χ2n) is 2.68. The van der Waals surface area contributed by atoms with Gasteiger partial charge in [0.15, 0.2) is 5.79 Å². The third-order valence-corrected chi connectivity index (χ3v) is 1.36. The van der Waals surface area contributed by atoms with Gasteiger partial charge < -0.3 is 15.9 Å². The van der Waals surface area contributed by atoms with E-state index in [1.807, 2.05) is 0 Å². The van der Waals surface area contributed by atoms with Gasteiger partial charge in [-0.2, -0.15) is 0 Å². The number of hydrogen-bond donors (Lipinski definition) is 3. The fraction of sp³-hybridized carbons (Fsp3) is 0.833. The molecule has 4 nitrogen and oxygen atoms in total. The largest absolute Gasteiger partial charge is 0.370 e. The van der Waals surface area contributed by atoms with Gasteiger partial charge in [0.05, 0.1) is 6.42 Å². The molecular formula is C6H13NO3. The van der Waals surface area contributed by atoms with E-state index < -0.39 is 18.1 Å². The summed E-state index contributed by atoms with van der Waals surface area (Å²) in [4.78, 5) is 10.2. The van der Waals surface area contributed by atoms with Crippen molar-refractivity contribution in [3.05, 3.63) is 0 Å². The zero-order valence-electron chi connectivity index (χ0n) is 6.16. The summed E-state index contributed by atoms with van der Waals surface area (Å²) in [6.07, 6.45) is -0.412. The third kappa shape index (κ3) is 2.80. The Morgan fingerprint density at radius 3 is 2.10 bits per heavy atom. The predicted octanol–water partition coefficient (Wildman–Crippen LogP) is -0.801. The van der Waals surface area contributed by atoms with E-state index in [0.717, 1.165) is 0 Å². The van der Waals surface area contributed by atoms with E-state index in [1.54, 1.807) is 13.8 Å². The van der Waals surface area contributed by atoms with E-state index in [9.17, 15) is 4.79 Å². The van der Waals surface area contributed by atoms with E-state index in [2.05, 4.69) is 0 Å². The SMILES string of the molecule is CC(C)C(O)(O)CC(N)=O. The molecule has 0 saturated carbocycles. The fourth-order valence-corrected chi connectivity index (χ4v) is 0.461. The number of amides is 1. The molecule has 0 atom stereocenters. The van der Waals surface area contributed by atoms with Gasteiger partial charge >= 0.3 is 0 Å². The standard InChI is InChI=1S/C6H13NO3/c1-4(2)6(9,10)3-5(7)8/h4,9-10H,3H2,1-2H3,(H2,7,8). The Bertz CT molecular complexity index is 131. The Hall–Kier alpha value is -0.610. The van der Waals surface area contributed by atoms with Crippen LogP contribution in [0.2, 0.25) is 0 Å². The summed E-state index contributed by atoms with van der Waals surface area (Å²) in [5.74, 6) is -3.05. The molecule has 0 aliphatic carbocycles. The second kappa shape index (κ2) is 2.98. The summed E-state index contributed by atoms with van der Waals surface area (Å²) in [5, 5.41) is 18.0. The zero-order valence-corrected chi connectivity index (χ0v) is 6.16. The van der Waals surface area contributed by atoms with Crippen LogP contribution in [0.4, 0.5) is 0 Å². The molecule has 0 unspecified atom stereocenters. The van der Waals surface area contributed by atoms with Crippen LogP contribution in [0, 0.1) is 5.92 Å². The molecule has 0 aliphatic rings. The minimum atomic E-state index is -1.95. The van der Waals surface area contributed by atoms with Crippen molar-refractivity contribution >= 4 is 5.91 Å². The minimum absolute atomic E-state index is 0.389. The Morgan fingerprint density at radius 2 is 2.00 bits per heavy atom. The summed E-state index contributed by atoms with van der Waals surface area (Å²) in [5.41, 5.74) is 4.76. The molecular weight excluding hydrogens is 134 g/mol. The predicted molar refractivity (Wildman–Crippen MR) is 35.8 cm³/mol. The van der Waals surface area contributed by atoms with Crippen LogP contribution in [-0.2, 0) is 4.79 Å². The molecule has 10 heavy (non-hydrogen) atoms. The van der Waals surface area contributed by atoms with E-state index >= 15 is 0 Å². The van der Waals surface area contributed by atoms with Crippen molar-refractivity contribution < 1.29 is 15.0 Å². The lowest BCUT2D eigenvalue weighted by Crippen LogP contribution is -2.39. The first-order chi connectivity index (χ1) is 4.36. The number of rotatable bonds is 3. The fourth-order valence-electron chi connectivity index (χ4n) is 0.461. The zero-order chi connectivity index (χ0) is 8.36. The number of carbonyl (C=O) groups excluding carboxylic acids is 1. The normalized spacial score (nSPS) is 12.1. The van der Waals surface area contributed by atoms with E-state index in [-0.39, 0.29) is 5.92 Å². The van der Waals surface area contributed by atoms with Crippen molar-refractivity contribution in [1.82, 2.24) is 0 Å². The van der Waals surface area contributed by atoms with Crippen molar-refractivity contribution in [3.8, 4) is 0 Å². The molecule has 0 rings (SSSR count). The molecule has 0 heterocycles. The number of nitrogens with two attached hydrogens (primary N) is 1. The molecule has 0 aromatic rings. The maximum absolute atomic E-state index is 10.2. The first kappa shape index (κ1) is 9.39. The van der Waals surface area contributed by atoms with Crippen molar-refractivity contribution in [2.24, 2.45) is 11.7 Å². The van der Waals surface area contributed by atoms with Crippen LogP contribution in [0.25, 0.3) is 0 Å². The minimum Gasteiger partial charge on any atom is -0.370 e. The summed E-state index contributed by atoms with van der Waals surface area (Å²) in [6.45, 7) is 3.20. The Balaban J connectivity index is 3.99. The van der Waals surface area contributed by atoms with Crippen LogP contribution in [0.3, 0.4) is 0 Å². The first-order valence-corrected chi connectivity index (χ1v) is 3.09. The first-order valence-electron chi connectivity index (χ1n) is 3.09. The van der Waals surface area contributed by atoms with E-state index in [4.69, 9.17) is 15.9 Å². The molecule has 0 aliphatic heterocycles. The van der Waals surface area contributed by atoms with Gasteiger partial charge in [-0.1, -0.05) is 13.8 Å². The number of hydrogen-bond acceptors (Lipinski definition) is 3. The topological polar surface area (TPSA) is 83.6 Å². The van der Waals surface area contributed by atoms with Gasteiger partial charge in [0, 0.05) is 5.92 Å². The average molecular weight is 147 g/mol. The molecule has 60 valence electrons. The Labute approximate surface area is 59.7 Å². The lowest BCUT2D eigenvalue weighted by molar-refractivity contribution is -0.196. The molecule has 0 saturated heterocycles. The maximum Gasteiger partial charge on any atom is 0.222 e. The molecule has 4 N–H and O–H groups in total. The van der Waals surface area contributed by atoms with Crippen molar-refractivity contribution in [1.29, 1.82) is 0 Å². The van der Waals surface area contributed by atoms with Crippen LogP contribution in [0.5, 0.6) is 0 Å². The van der Waals surface area contributed by atoms with Crippen molar-refractivity contribution in [3.63, 3.8) is 0 Å². The number of aliphatic hydroxyl groups is 2. The van der Waals surface area contributed by atoms with Gasteiger partial charge in [0.25, 0.3) is 0 Å². The van der Waals surface area contributed by atoms with E-state index in [1.165, 1.54) is 0 Å². The Kier molecular flexibility index (Phi) is 2.80. The number of carbonyl (C=O) groups is 1. The maximum atomic E-state index is 10.2. The molecule has 4 heteroatoms. The van der Waals surface area contributed by atoms with Gasteiger partial charge in [-0.15, -0.1) is 0 Å². The van der Waals surface area contributed by atoms with Crippen LogP contribution in [-0.4, -0.2) is 21.9 Å². The molecule has 0 aromatic carbocycles. The van der Waals surface area contributed by atoms with Gasteiger partial charge in [-0.25, -0.2) is 0 Å². The van der Waals surface area contributed by atoms with Gasteiger partial charge in [-0.05, 0) is 0 Å². The summed E-state index contributed by atoms with van der Waals surface area (Å²) in [7, 11) is 0. The van der Waals surface area contributed by atoms with Gasteiger partial charge in [-0.3, -0.25) is 4.79 Å². The van der Waals surface area contributed by atoms with Crippen molar-refractivity contribution in [2.45, 2.75) is 26.1 Å². The highest BCUT2D eigenvalue weighted by Crippen LogP contribution is 2.16. The summed E-state index contributed by atoms with van der Waals surface area (Å²) in [6, 6.07) is 0. The van der Waals surface area contributed by atoms with Crippen LogP contribution in [0.15, 0.2) is 0 Å². The van der Waals surface area contributed by atoms with E-state index in [0.29, 0.717) is 0 Å².